The van der Waals surface area contributed by atoms with Gasteiger partial charge in [0.2, 0.25) is 0 Å². The smallest absolute Gasteiger partial charge is 0.297 e. The molecule has 1 aliphatic rings. The van der Waals surface area contributed by atoms with Crippen LogP contribution in [0.3, 0.4) is 0 Å². The number of hydrogen-bond acceptors (Lipinski definition) is 3. The second-order valence-corrected chi connectivity index (χ2v) is 5.97. The molecule has 0 N–H and O–H groups in total. The summed E-state index contributed by atoms with van der Waals surface area (Å²) in [5, 5.41) is -2.80. The molecule has 17 heavy (non-hydrogen) atoms. The van der Waals surface area contributed by atoms with Gasteiger partial charge >= 0.3 is 11.0 Å². The molecule has 0 amide bonds. The number of carbonyl (C=O) groups is 1. The molecule has 0 aromatic carbocycles. The van der Waals surface area contributed by atoms with Crippen LogP contribution < -0.4 is 0 Å². The molecule has 1 nitrogen and oxygen atoms in total. The minimum Gasteiger partial charge on any atom is -0.297 e. The van der Waals surface area contributed by atoms with E-state index < -0.39 is 50.8 Å². The molecule has 0 aliphatic heterocycles. The van der Waals surface area contributed by atoms with E-state index in [4.69, 9.17) is 0 Å². The van der Waals surface area contributed by atoms with Gasteiger partial charge in [-0.3, -0.25) is 4.79 Å². The number of rotatable bonds is 2. The van der Waals surface area contributed by atoms with E-state index in [0.717, 1.165) is 0 Å². The maximum absolute atomic E-state index is 12.1. The molecule has 0 bridgehead atoms. The zero-order valence-electron chi connectivity index (χ0n) is 8.27. The highest BCUT2D eigenvalue weighted by atomic mass is 32.2. The Kier molecular flexibility index (Phi) is 4.67. The molecule has 0 radical (unpaired) electrons. The summed E-state index contributed by atoms with van der Waals surface area (Å²) in [5.74, 6) is -0.957. The van der Waals surface area contributed by atoms with Crippen LogP contribution in [0.1, 0.15) is 19.3 Å². The highest BCUT2D eigenvalue weighted by Gasteiger charge is 2.44. The van der Waals surface area contributed by atoms with E-state index in [0.29, 0.717) is 0 Å². The third-order valence-electron chi connectivity index (χ3n) is 2.12. The van der Waals surface area contributed by atoms with Crippen molar-refractivity contribution < 1.29 is 31.1 Å². The number of halogens is 6. The highest BCUT2D eigenvalue weighted by Crippen LogP contribution is 2.44. The van der Waals surface area contributed by atoms with Crippen LogP contribution in [0.2, 0.25) is 0 Å². The Bertz CT molecular complexity index is 261. The van der Waals surface area contributed by atoms with Crippen molar-refractivity contribution >= 4 is 29.3 Å². The van der Waals surface area contributed by atoms with Crippen LogP contribution in [-0.4, -0.2) is 27.3 Å². The highest BCUT2D eigenvalue weighted by molar-refractivity contribution is 8.03. The SMILES string of the molecule is O=C1C(SC(F)(F)F)CCCC1SC(F)(F)F. The summed E-state index contributed by atoms with van der Waals surface area (Å²) in [6.45, 7) is 0. The fourth-order valence-electron chi connectivity index (χ4n) is 1.54. The second kappa shape index (κ2) is 5.29. The summed E-state index contributed by atoms with van der Waals surface area (Å²) in [7, 11) is 0. The van der Waals surface area contributed by atoms with Crippen LogP contribution >= 0.6 is 23.5 Å². The first-order valence-electron chi connectivity index (χ1n) is 4.61. The number of Topliss-reactive ketones (excluding diaryl/α,β-unsaturated/α-hetero) is 1. The van der Waals surface area contributed by atoms with E-state index in [1.54, 1.807) is 0 Å². The molecule has 0 heterocycles. The van der Waals surface area contributed by atoms with Crippen molar-refractivity contribution in [2.24, 2.45) is 0 Å². The lowest BCUT2D eigenvalue weighted by atomic mass is 9.98. The van der Waals surface area contributed by atoms with Crippen molar-refractivity contribution in [1.29, 1.82) is 0 Å². The molecule has 100 valence electrons. The molecule has 1 aliphatic carbocycles. The topological polar surface area (TPSA) is 17.1 Å². The molecule has 0 aromatic rings. The monoisotopic (exact) mass is 298 g/mol. The third-order valence-corrected chi connectivity index (χ3v) is 4.16. The fraction of sp³-hybridized carbons (Fsp3) is 0.875. The summed E-state index contributed by atoms with van der Waals surface area (Å²) < 4.78 is 72.4. The first kappa shape index (κ1) is 15.0. The Balaban J connectivity index is 2.63. The second-order valence-electron chi connectivity index (χ2n) is 3.44. The minimum absolute atomic E-state index is 0.0159. The third kappa shape index (κ3) is 5.41. The molecule has 0 aromatic heterocycles. The van der Waals surface area contributed by atoms with Crippen LogP contribution in [-0.2, 0) is 4.79 Å². The van der Waals surface area contributed by atoms with Crippen molar-refractivity contribution in [3.63, 3.8) is 0 Å². The average Bonchev–Trinajstić information content (AvgIpc) is 2.07. The lowest BCUT2D eigenvalue weighted by Gasteiger charge is -2.27. The number of carbonyl (C=O) groups excluding carboxylic acids is 1. The van der Waals surface area contributed by atoms with E-state index in [1.807, 2.05) is 0 Å². The minimum atomic E-state index is -4.59. The number of hydrogen-bond donors (Lipinski definition) is 0. The van der Waals surface area contributed by atoms with E-state index in [9.17, 15) is 31.1 Å². The molecule has 2 unspecified atom stereocenters. The molecule has 1 saturated carbocycles. The van der Waals surface area contributed by atoms with E-state index >= 15 is 0 Å². The quantitative estimate of drug-likeness (QED) is 0.718. The van der Waals surface area contributed by atoms with E-state index in [1.165, 1.54) is 0 Å². The lowest BCUT2D eigenvalue weighted by molar-refractivity contribution is -0.119. The van der Waals surface area contributed by atoms with Gasteiger partial charge in [-0.15, -0.1) is 0 Å². The first-order valence-corrected chi connectivity index (χ1v) is 6.37. The van der Waals surface area contributed by atoms with Crippen molar-refractivity contribution in [2.75, 3.05) is 0 Å². The van der Waals surface area contributed by atoms with Gasteiger partial charge in [0.25, 0.3) is 0 Å². The summed E-state index contributed by atoms with van der Waals surface area (Å²) >= 11 is -1.03. The van der Waals surface area contributed by atoms with Crippen LogP contribution in [0.5, 0.6) is 0 Å². The van der Waals surface area contributed by atoms with Gasteiger partial charge in [-0.1, -0.05) is 6.42 Å². The Hall–Kier alpha value is -0.0500. The summed E-state index contributed by atoms with van der Waals surface area (Å²) in [5.41, 5.74) is -9.18. The van der Waals surface area contributed by atoms with Gasteiger partial charge in [0, 0.05) is 0 Å². The van der Waals surface area contributed by atoms with Crippen LogP contribution in [0, 0.1) is 0 Å². The summed E-state index contributed by atoms with van der Waals surface area (Å²) in [6.07, 6.45) is 0.170. The standard InChI is InChI=1S/C8H8F6OS2/c9-7(10,11)16-4-2-1-3-5(6(4)15)17-8(12,13)14/h4-5H,1-3H2. The lowest BCUT2D eigenvalue weighted by Crippen LogP contribution is -2.36. The first-order chi connectivity index (χ1) is 7.58. The van der Waals surface area contributed by atoms with Crippen molar-refractivity contribution in [3.05, 3.63) is 0 Å². The number of thioether (sulfide) groups is 2. The normalized spacial score (nSPS) is 27.3. The van der Waals surface area contributed by atoms with Crippen molar-refractivity contribution in [2.45, 2.75) is 40.8 Å². The van der Waals surface area contributed by atoms with Crippen LogP contribution in [0.15, 0.2) is 0 Å². The zero-order chi connectivity index (χ0) is 13.3. The predicted octanol–water partition coefficient (Wildman–Crippen LogP) is 3.98. The zero-order valence-corrected chi connectivity index (χ0v) is 9.90. The number of ketones is 1. The molecular formula is C8H8F6OS2. The fourth-order valence-corrected chi connectivity index (χ4v) is 3.40. The Morgan fingerprint density at radius 3 is 1.53 bits per heavy atom. The van der Waals surface area contributed by atoms with Gasteiger partial charge in [-0.25, -0.2) is 0 Å². The maximum Gasteiger partial charge on any atom is 0.442 e. The number of alkyl halides is 6. The van der Waals surface area contributed by atoms with Crippen LogP contribution in [0.25, 0.3) is 0 Å². The van der Waals surface area contributed by atoms with Crippen molar-refractivity contribution in [1.82, 2.24) is 0 Å². The van der Waals surface area contributed by atoms with Gasteiger partial charge in [-0.2, -0.15) is 26.3 Å². The molecule has 0 spiro atoms. The largest absolute Gasteiger partial charge is 0.442 e. The molecule has 1 fully saturated rings. The van der Waals surface area contributed by atoms with Gasteiger partial charge in [0.05, 0.1) is 10.5 Å². The Morgan fingerprint density at radius 1 is 0.882 bits per heavy atom. The Labute approximate surface area is 102 Å². The van der Waals surface area contributed by atoms with Gasteiger partial charge in [-0.05, 0) is 36.4 Å². The average molecular weight is 298 g/mol. The molecule has 0 saturated heterocycles. The summed E-state index contributed by atoms with van der Waals surface area (Å²) in [6, 6.07) is 0. The van der Waals surface area contributed by atoms with E-state index in [2.05, 4.69) is 0 Å². The molecule has 2 atom stereocenters. The van der Waals surface area contributed by atoms with Gasteiger partial charge in [0.1, 0.15) is 0 Å². The van der Waals surface area contributed by atoms with Crippen LogP contribution in [0.4, 0.5) is 26.3 Å². The molecule has 9 heteroatoms. The Morgan fingerprint density at radius 2 is 1.24 bits per heavy atom. The van der Waals surface area contributed by atoms with Crippen molar-refractivity contribution in [3.8, 4) is 0 Å². The van der Waals surface area contributed by atoms with E-state index in [-0.39, 0.29) is 19.3 Å². The van der Waals surface area contributed by atoms with Gasteiger partial charge < -0.3 is 0 Å². The molecular weight excluding hydrogens is 290 g/mol. The summed E-state index contributed by atoms with van der Waals surface area (Å²) in [4.78, 5) is 11.4. The predicted molar refractivity (Wildman–Crippen MR) is 53.7 cm³/mol. The van der Waals surface area contributed by atoms with Gasteiger partial charge in [0.15, 0.2) is 5.78 Å². The maximum atomic E-state index is 12.1. The molecule has 1 rings (SSSR count).